The molecule has 2 heterocycles. The van der Waals surface area contributed by atoms with Gasteiger partial charge in [0.25, 0.3) is 0 Å². The molecule has 1 atom stereocenters. The van der Waals surface area contributed by atoms with Gasteiger partial charge in [0.2, 0.25) is 0 Å². The van der Waals surface area contributed by atoms with Crippen LogP contribution in [0.25, 0.3) is 0 Å². The van der Waals surface area contributed by atoms with Crippen molar-refractivity contribution in [3.05, 3.63) is 59.5 Å². The van der Waals surface area contributed by atoms with Crippen LogP contribution in [0.2, 0.25) is 0 Å². The molecule has 31 heavy (non-hydrogen) atoms. The van der Waals surface area contributed by atoms with E-state index in [0.717, 1.165) is 43.0 Å². The summed E-state index contributed by atoms with van der Waals surface area (Å²) in [5, 5.41) is 6.53. The molecule has 0 aliphatic carbocycles. The van der Waals surface area contributed by atoms with E-state index in [2.05, 4.69) is 20.5 Å². The summed E-state index contributed by atoms with van der Waals surface area (Å²) in [6.07, 6.45) is -1.98. The first-order valence-electron chi connectivity index (χ1n) is 9.93. The molecule has 0 amide bonds. The molecule has 0 radical (unpaired) electrons. The fourth-order valence-electron chi connectivity index (χ4n) is 3.41. The quantitative estimate of drug-likeness (QED) is 0.312. The molecule has 1 aliphatic rings. The lowest BCUT2D eigenvalue weighted by Gasteiger charge is -2.35. The van der Waals surface area contributed by atoms with Crippen LogP contribution in [-0.2, 0) is 17.3 Å². The predicted octanol–water partition coefficient (Wildman–Crippen LogP) is 3.70. The van der Waals surface area contributed by atoms with E-state index in [9.17, 15) is 13.2 Å². The third-order valence-corrected chi connectivity index (χ3v) is 5.04. The van der Waals surface area contributed by atoms with Crippen molar-refractivity contribution in [3.63, 3.8) is 0 Å². The Morgan fingerprint density at radius 3 is 2.42 bits per heavy atom. The van der Waals surface area contributed by atoms with Crippen molar-refractivity contribution in [3.8, 4) is 0 Å². The molecule has 0 saturated carbocycles. The summed E-state index contributed by atoms with van der Waals surface area (Å²) >= 11 is 0. The number of aliphatic imine (C=N–C) groups is 1. The second-order valence-electron chi connectivity index (χ2n) is 6.99. The summed E-state index contributed by atoms with van der Waals surface area (Å²) in [6, 6.07) is 9.05. The lowest BCUT2D eigenvalue weighted by molar-refractivity contribution is -0.137. The second kappa shape index (κ2) is 12.3. The Morgan fingerprint density at radius 1 is 1.13 bits per heavy atom. The van der Waals surface area contributed by atoms with Crippen molar-refractivity contribution in [1.82, 2.24) is 15.5 Å². The molecule has 1 aliphatic heterocycles. The van der Waals surface area contributed by atoms with Crippen LogP contribution in [0.5, 0.6) is 0 Å². The van der Waals surface area contributed by atoms with Crippen LogP contribution in [0.4, 0.5) is 13.2 Å². The minimum absolute atomic E-state index is 0. The smallest absolute Gasteiger partial charge is 0.416 e. The van der Waals surface area contributed by atoms with Crippen molar-refractivity contribution >= 4 is 29.9 Å². The molecule has 10 heteroatoms. The highest BCUT2D eigenvalue weighted by molar-refractivity contribution is 14.0. The van der Waals surface area contributed by atoms with Gasteiger partial charge in [-0.15, -0.1) is 24.0 Å². The molecule has 1 unspecified atom stereocenters. The third kappa shape index (κ3) is 7.69. The molecule has 1 fully saturated rings. The summed E-state index contributed by atoms with van der Waals surface area (Å²) in [4.78, 5) is 6.45. The van der Waals surface area contributed by atoms with Crippen LogP contribution in [-0.4, -0.2) is 57.3 Å². The van der Waals surface area contributed by atoms with Crippen molar-refractivity contribution < 1.29 is 22.3 Å². The van der Waals surface area contributed by atoms with Crippen LogP contribution in [0.15, 0.2) is 52.1 Å². The molecule has 2 N–H and O–H groups in total. The molecule has 1 saturated heterocycles. The van der Waals surface area contributed by atoms with Gasteiger partial charge in [0.1, 0.15) is 5.76 Å². The number of nitrogens with one attached hydrogen (secondary N) is 2. The van der Waals surface area contributed by atoms with Crippen LogP contribution in [0.3, 0.4) is 0 Å². The van der Waals surface area contributed by atoms with Crippen LogP contribution < -0.4 is 10.6 Å². The van der Waals surface area contributed by atoms with E-state index >= 15 is 0 Å². The molecular formula is C21H28F3IN4O2. The first kappa shape index (κ1) is 25.5. The number of hydrogen-bond donors (Lipinski definition) is 2. The van der Waals surface area contributed by atoms with Crippen molar-refractivity contribution in [1.29, 1.82) is 0 Å². The molecule has 0 bridgehead atoms. The third-order valence-electron chi connectivity index (χ3n) is 5.04. The van der Waals surface area contributed by atoms with Gasteiger partial charge >= 0.3 is 6.18 Å². The molecular weight excluding hydrogens is 524 g/mol. The predicted molar refractivity (Wildman–Crippen MR) is 124 cm³/mol. The fourth-order valence-corrected chi connectivity index (χ4v) is 3.41. The van der Waals surface area contributed by atoms with E-state index in [1.54, 1.807) is 25.4 Å². The normalized spacial score (nSPS) is 16.5. The zero-order valence-electron chi connectivity index (χ0n) is 17.3. The van der Waals surface area contributed by atoms with Crippen molar-refractivity contribution in [2.24, 2.45) is 4.99 Å². The van der Waals surface area contributed by atoms with E-state index in [1.165, 1.54) is 0 Å². The van der Waals surface area contributed by atoms with Gasteiger partial charge in [-0.3, -0.25) is 9.89 Å². The lowest BCUT2D eigenvalue weighted by atomic mass is 10.0. The van der Waals surface area contributed by atoms with Gasteiger partial charge in [0.05, 0.1) is 31.1 Å². The van der Waals surface area contributed by atoms with Crippen molar-refractivity contribution in [2.75, 3.05) is 46.4 Å². The monoisotopic (exact) mass is 552 g/mol. The number of hydrogen-bond acceptors (Lipinski definition) is 4. The molecule has 1 aromatic carbocycles. The summed E-state index contributed by atoms with van der Waals surface area (Å²) in [5.41, 5.74) is 0.179. The van der Waals surface area contributed by atoms with Gasteiger partial charge in [-0.25, -0.2) is 0 Å². The molecule has 172 valence electrons. The van der Waals surface area contributed by atoms with Gasteiger partial charge in [0, 0.05) is 39.6 Å². The Bertz CT molecular complexity index is 792. The Morgan fingerprint density at radius 2 is 1.84 bits per heavy atom. The van der Waals surface area contributed by atoms with Gasteiger partial charge in [-0.2, -0.15) is 13.2 Å². The number of morpholine rings is 1. The summed E-state index contributed by atoms with van der Waals surface area (Å²) < 4.78 is 49.5. The zero-order valence-corrected chi connectivity index (χ0v) is 19.7. The minimum Gasteiger partial charge on any atom is -0.469 e. The van der Waals surface area contributed by atoms with Crippen LogP contribution in [0.1, 0.15) is 22.9 Å². The highest BCUT2D eigenvalue weighted by Gasteiger charge is 2.31. The molecule has 0 spiro atoms. The van der Waals surface area contributed by atoms with E-state index in [4.69, 9.17) is 9.15 Å². The number of furan rings is 1. The molecule has 6 nitrogen and oxygen atoms in total. The van der Waals surface area contributed by atoms with Crippen LogP contribution >= 0.6 is 24.0 Å². The Labute approximate surface area is 197 Å². The lowest BCUT2D eigenvalue weighted by Crippen LogP contribution is -2.46. The SMILES string of the molecule is CN=C(NCCc1ccco1)NCC(c1ccc(C(F)(F)F)cc1)N1CCOCC1.I. The zero-order chi connectivity index (χ0) is 21.4. The van der Waals surface area contributed by atoms with Gasteiger partial charge < -0.3 is 19.8 Å². The standard InChI is InChI=1S/C21H27F3N4O2.HI/c1-25-20(26-9-8-18-3-2-12-30-18)27-15-19(28-10-13-29-14-11-28)16-4-6-17(7-5-16)21(22,23)24;/h2-7,12,19H,8-11,13-15H2,1H3,(H2,25,26,27);1H. The van der Waals surface area contributed by atoms with Crippen molar-refractivity contribution in [2.45, 2.75) is 18.6 Å². The Balaban J connectivity index is 0.00000341. The van der Waals surface area contributed by atoms with Gasteiger partial charge in [-0.1, -0.05) is 12.1 Å². The van der Waals surface area contributed by atoms with Crippen LogP contribution in [0, 0.1) is 0 Å². The first-order chi connectivity index (χ1) is 14.5. The summed E-state index contributed by atoms with van der Waals surface area (Å²) in [7, 11) is 1.68. The summed E-state index contributed by atoms with van der Waals surface area (Å²) in [5.74, 6) is 1.51. The van der Waals surface area contributed by atoms with E-state index in [-0.39, 0.29) is 30.0 Å². The summed E-state index contributed by atoms with van der Waals surface area (Å²) in [6.45, 7) is 3.80. The molecule has 3 rings (SSSR count). The average molecular weight is 552 g/mol. The first-order valence-corrected chi connectivity index (χ1v) is 9.93. The number of rotatable bonds is 7. The van der Waals surface area contributed by atoms with Gasteiger partial charge in [-0.05, 0) is 29.8 Å². The number of nitrogens with zero attached hydrogens (tertiary/aromatic N) is 2. The second-order valence-corrected chi connectivity index (χ2v) is 6.99. The number of alkyl halides is 3. The van der Waals surface area contributed by atoms with E-state index in [1.807, 2.05) is 12.1 Å². The fraction of sp³-hybridized carbons (Fsp3) is 0.476. The Hall–Kier alpha value is -1.79. The minimum atomic E-state index is -4.34. The topological polar surface area (TPSA) is 62.0 Å². The van der Waals surface area contributed by atoms with E-state index < -0.39 is 11.7 Å². The number of ether oxygens (including phenoxy) is 1. The highest BCUT2D eigenvalue weighted by Crippen LogP contribution is 2.31. The maximum atomic E-state index is 12.9. The largest absolute Gasteiger partial charge is 0.469 e. The number of guanidine groups is 1. The van der Waals surface area contributed by atoms with Gasteiger partial charge in [0.15, 0.2) is 5.96 Å². The number of halogens is 4. The Kier molecular flexibility index (Phi) is 10.1. The number of benzene rings is 1. The molecule has 1 aromatic heterocycles. The average Bonchev–Trinajstić information content (AvgIpc) is 3.26. The van der Waals surface area contributed by atoms with E-state index in [0.29, 0.717) is 32.3 Å². The highest BCUT2D eigenvalue weighted by atomic mass is 127. The molecule has 2 aromatic rings. The maximum Gasteiger partial charge on any atom is 0.416 e. The maximum absolute atomic E-state index is 12.9.